The van der Waals surface area contributed by atoms with Crippen molar-refractivity contribution in [2.24, 2.45) is 0 Å². The van der Waals surface area contributed by atoms with E-state index in [0.29, 0.717) is 0 Å². The number of thiophene rings is 2. The number of hydrogen-bond donors (Lipinski definition) is 0. The van der Waals surface area contributed by atoms with E-state index in [2.05, 4.69) is 25.5 Å². The summed E-state index contributed by atoms with van der Waals surface area (Å²) in [6.45, 7) is 2.18. The van der Waals surface area contributed by atoms with Crippen LogP contribution in [0.1, 0.15) is 5.56 Å². The van der Waals surface area contributed by atoms with Gasteiger partial charge in [0.05, 0.1) is 0 Å². The molecule has 2 rings (SSSR count). The Morgan fingerprint density at radius 2 is 1.90 bits per heavy atom. The van der Waals surface area contributed by atoms with Crippen molar-refractivity contribution in [3.63, 3.8) is 0 Å². The van der Waals surface area contributed by atoms with Crippen LogP contribution in [0.5, 0.6) is 0 Å². The van der Waals surface area contributed by atoms with Gasteiger partial charge < -0.3 is 0 Å². The molecule has 10 heavy (non-hydrogen) atoms. The quantitative estimate of drug-likeness (QED) is 0.520. The summed E-state index contributed by atoms with van der Waals surface area (Å²) in [6.07, 6.45) is 0. The van der Waals surface area contributed by atoms with Gasteiger partial charge >= 0.3 is 0 Å². The van der Waals surface area contributed by atoms with Crippen molar-refractivity contribution in [2.45, 2.75) is 6.92 Å². The third-order valence-electron chi connectivity index (χ3n) is 1.63. The average molecular weight is 166 g/mol. The van der Waals surface area contributed by atoms with Crippen LogP contribution in [0.15, 0.2) is 10.8 Å². The largest absolute Gasteiger partial charge is 0.143 e. The molecule has 0 amide bonds. The molecular weight excluding hydrogens is 159 g/mol. The molecule has 0 saturated heterocycles. The van der Waals surface area contributed by atoms with E-state index in [1.54, 1.807) is 0 Å². The molecule has 0 unspecified atom stereocenters. The first kappa shape index (κ1) is 6.44. The minimum Gasteiger partial charge on any atom is -0.143 e. The van der Waals surface area contributed by atoms with Gasteiger partial charge in [-0.1, -0.05) is 5.46 Å². The summed E-state index contributed by atoms with van der Waals surface area (Å²) in [5.74, 6) is 0. The lowest BCUT2D eigenvalue weighted by Gasteiger charge is -1.77. The van der Waals surface area contributed by atoms with Gasteiger partial charge in [0.1, 0.15) is 7.85 Å². The molecule has 0 aliphatic heterocycles. The fourth-order valence-corrected chi connectivity index (χ4v) is 3.34. The second-order valence-electron chi connectivity index (χ2n) is 2.50. The van der Waals surface area contributed by atoms with Crippen molar-refractivity contribution in [3.8, 4) is 0 Å². The van der Waals surface area contributed by atoms with Gasteiger partial charge in [-0.15, -0.1) is 22.7 Å². The molecule has 0 radical (unpaired) electrons. The zero-order valence-electron chi connectivity index (χ0n) is 5.97. The zero-order valence-corrected chi connectivity index (χ0v) is 7.60. The zero-order chi connectivity index (χ0) is 7.14. The van der Waals surface area contributed by atoms with Gasteiger partial charge in [-0.05, 0) is 23.2 Å². The van der Waals surface area contributed by atoms with Crippen molar-refractivity contribution >= 4 is 45.4 Å². The van der Waals surface area contributed by atoms with Crippen molar-refractivity contribution in [2.75, 3.05) is 0 Å². The maximum absolute atomic E-state index is 2.23. The van der Waals surface area contributed by atoms with Gasteiger partial charge in [0, 0.05) is 9.40 Å². The lowest BCUT2D eigenvalue weighted by Crippen LogP contribution is -1.93. The second-order valence-corrected chi connectivity index (χ2v) is 4.25. The van der Waals surface area contributed by atoms with Crippen LogP contribution in [0.25, 0.3) is 9.40 Å². The SMILES string of the molecule is Bc1csc2c(C)csc12. The van der Waals surface area contributed by atoms with Crippen LogP contribution in [0.3, 0.4) is 0 Å². The highest BCUT2D eigenvalue weighted by molar-refractivity contribution is 7.28. The summed E-state index contributed by atoms with van der Waals surface area (Å²) in [5.41, 5.74) is 2.86. The number of hydrogen-bond acceptors (Lipinski definition) is 2. The predicted octanol–water partition coefficient (Wildman–Crippen LogP) is 1.53. The van der Waals surface area contributed by atoms with Crippen LogP contribution in [-0.2, 0) is 0 Å². The highest BCUT2D eigenvalue weighted by Gasteiger charge is 2.03. The van der Waals surface area contributed by atoms with E-state index < -0.39 is 0 Å². The molecule has 0 fully saturated rings. The summed E-state index contributed by atoms with van der Waals surface area (Å²) in [7, 11) is 2.18. The van der Waals surface area contributed by atoms with E-state index in [9.17, 15) is 0 Å². The molecule has 0 N–H and O–H groups in total. The van der Waals surface area contributed by atoms with Gasteiger partial charge in [-0.25, -0.2) is 0 Å². The van der Waals surface area contributed by atoms with Crippen LogP contribution in [0.4, 0.5) is 0 Å². The number of aryl methyl sites for hydroxylation is 1. The van der Waals surface area contributed by atoms with E-state index >= 15 is 0 Å². The molecular formula is C7H7BS2. The Bertz CT molecular complexity index is 322. The molecule has 0 aliphatic carbocycles. The third-order valence-corrected chi connectivity index (χ3v) is 4.23. The molecule has 0 atom stereocenters. The Hall–Kier alpha value is -0.275. The minimum absolute atomic E-state index is 1.43. The molecule has 0 nitrogen and oxygen atoms in total. The van der Waals surface area contributed by atoms with Crippen LogP contribution in [-0.4, -0.2) is 7.85 Å². The first-order valence-electron chi connectivity index (χ1n) is 3.21. The van der Waals surface area contributed by atoms with Crippen molar-refractivity contribution in [1.29, 1.82) is 0 Å². The standard InChI is InChI=1S/C7H7BS2/c1-4-2-9-7-5(8)3-10-6(4)7/h2-3H,8H2,1H3. The van der Waals surface area contributed by atoms with Crippen LogP contribution >= 0.6 is 22.7 Å². The van der Waals surface area contributed by atoms with Gasteiger partial charge in [0.2, 0.25) is 0 Å². The van der Waals surface area contributed by atoms with Gasteiger partial charge in [0.25, 0.3) is 0 Å². The van der Waals surface area contributed by atoms with E-state index in [4.69, 9.17) is 0 Å². The predicted molar refractivity (Wildman–Crippen MR) is 52.6 cm³/mol. The van der Waals surface area contributed by atoms with Gasteiger partial charge in [-0.2, -0.15) is 0 Å². The molecule has 3 heteroatoms. The van der Waals surface area contributed by atoms with Crippen molar-refractivity contribution in [3.05, 3.63) is 16.3 Å². The molecule has 0 spiro atoms. The maximum Gasteiger partial charge on any atom is 0.142 e. The first-order chi connectivity index (χ1) is 4.79. The summed E-state index contributed by atoms with van der Waals surface area (Å²) >= 11 is 3.72. The minimum atomic E-state index is 1.43. The van der Waals surface area contributed by atoms with E-state index in [-0.39, 0.29) is 0 Å². The Morgan fingerprint density at radius 3 is 2.60 bits per heavy atom. The van der Waals surface area contributed by atoms with Crippen LogP contribution in [0.2, 0.25) is 0 Å². The fourth-order valence-electron chi connectivity index (χ4n) is 1.05. The summed E-state index contributed by atoms with van der Waals surface area (Å²) in [6, 6.07) is 0. The van der Waals surface area contributed by atoms with Crippen LogP contribution in [0, 0.1) is 6.92 Å². The average Bonchev–Trinajstić information content (AvgIpc) is 2.41. The normalized spacial score (nSPS) is 10.9. The Balaban J connectivity index is 2.95. The van der Waals surface area contributed by atoms with Crippen LogP contribution < -0.4 is 5.46 Å². The fraction of sp³-hybridized carbons (Fsp3) is 0.143. The molecule has 0 aromatic carbocycles. The number of fused-ring (bicyclic) bond motifs is 1. The Kier molecular flexibility index (Phi) is 1.36. The van der Waals surface area contributed by atoms with Crippen molar-refractivity contribution in [1.82, 2.24) is 0 Å². The lowest BCUT2D eigenvalue weighted by molar-refractivity contribution is 1.63. The molecule has 2 heterocycles. The summed E-state index contributed by atoms with van der Waals surface area (Å²) < 4.78 is 2.95. The topological polar surface area (TPSA) is 0 Å². The second kappa shape index (κ2) is 2.11. The van der Waals surface area contributed by atoms with Gasteiger partial charge in [0.15, 0.2) is 0 Å². The van der Waals surface area contributed by atoms with E-state index in [1.807, 2.05) is 22.7 Å². The Morgan fingerprint density at radius 1 is 1.20 bits per heavy atom. The molecule has 0 saturated carbocycles. The lowest BCUT2D eigenvalue weighted by atomic mass is 10.0. The first-order valence-corrected chi connectivity index (χ1v) is 4.97. The molecule has 50 valence electrons. The molecule has 2 aromatic rings. The monoisotopic (exact) mass is 166 g/mol. The highest BCUT2D eigenvalue weighted by Crippen LogP contribution is 2.27. The third kappa shape index (κ3) is 0.740. The summed E-state index contributed by atoms with van der Waals surface area (Å²) in [4.78, 5) is 0. The van der Waals surface area contributed by atoms with Gasteiger partial charge in [-0.3, -0.25) is 0 Å². The molecule has 2 aromatic heterocycles. The highest BCUT2D eigenvalue weighted by atomic mass is 32.1. The van der Waals surface area contributed by atoms with Crippen molar-refractivity contribution < 1.29 is 0 Å². The molecule has 0 bridgehead atoms. The Labute approximate surface area is 68.9 Å². The molecule has 0 aliphatic rings. The summed E-state index contributed by atoms with van der Waals surface area (Å²) in [5, 5.41) is 4.46. The van der Waals surface area contributed by atoms with E-state index in [1.165, 1.54) is 20.4 Å². The number of rotatable bonds is 0. The van der Waals surface area contributed by atoms with E-state index in [0.717, 1.165) is 0 Å². The maximum atomic E-state index is 2.23. The smallest absolute Gasteiger partial charge is 0.142 e.